The van der Waals surface area contributed by atoms with Crippen LogP contribution in [0.3, 0.4) is 0 Å². The van der Waals surface area contributed by atoms with E-state index < -0.39 is 17.9 Å². The molecule has 0 saturated carbocycles. The van der Waals surface area contributed by atoms with E-state index in [4.69, 9.17) is 10.2 Å². The molecule has 2 N–H and O–H groups in total. The molecule has 0 heterocycles. The average Bonchev–Trinajstić information content (AvgIpc) is 2.02. The van der Waals surface area contributed by atoms with Gasteiger partial charge in [0.1, 0.15) is 0 Å². The van der Waals surface area contributed by atoms with Crippen LogP contribution in [0.15, 0.2) is 12.2 Å². The molecule has 0 aromatic heterocycles. The second-order valence-electron chi connectivity index (χ2n) is 2.75. The molecule has 0 fully saturated rings. The summed E-state index contributed by atoms with van der Waals surface area (Å²) in [5.41, 5.74) is 0. The smallest absolute Gasteiger partial charge is 0.307 e. The third-order valence-corrected chi connectivity index (χ3v) is 1.59. The largest absolute Gasteiger partial charge is 0.481 e. The van der Waals surface area contributed by atoms with Crippen LogP contribution in [-0.2, 0) is 9.59 Å². The van der Waals surface area contributed by atoms with Crippen LogP contribution in [-0.4, -0.2) is 22.2 Å². The highest BCUT2D eigenvalue weighted by Crippen LogP contribution is 2.09. The van der Waals surface area contributed by atoms with Crippen molar-refractivity contribution in [2.75, 3.05) is 0 Å². The average molecular weight is 186 g/mol. The lowest BCUT2D eigenvalue weighted by Crippen LogP contribution is -2.16. The lowest BCUT2D eigenvalue weighted by atomic mass is 10.0. The zero-order valence-electron chi connectivity index (χ0n) is 7.56. The number of aliphatic carboxylic acids is 2. The molecule has 0 spiro atoms. The topological polar surface area (TPSA) is 74.6 Å². The fourth-order valence-corrected chi connectivity index (χ4v) is 0.909. The van der Waals surface area contributed by atoms with Gasteiger partial charge in [-0.05, 0) is 12.8 Å². The second-order valence-corrected chi connectivity index (χ2v) is 2.75. The van der Waals surface area contributed by atoms with E-state index in [1.165, 1.54) is 0 Å². The van der Waals surface area contributed by atoms with Gasteiger partial charge in [-0.15, -0.1) is 0 Å². The van der Waals surface area contributed by atoms with Crippen LogP contribution in [0.4, 0.5) is 0 Å². The Morgan fingerprint density at radius 3 is 2.31 bits per heavy atom. The normalized spacial score (nSPS) is 13.0. The summed E-state index contributed by atoms with van der Waals surface area (Å²) >= 11 is 0. The molecule has 0 aliphatic heterocycles. The van der Waals surface area contributed by atoms with Crippen LogP contribution < -0.4 is 0 Å². The predicted molar refractivity (Wildman–Crippen MR) is 47.4 cm³/mol. The SMILES string of the molecule is CCC=CCC(CC(=O)O)C(=O)O. The van der Waals surface area contributed by atoms with Crippen molar-refractivity contribution in [3.63, 3.8) is 0 Å². The van der Waals surface area contributed by atoms with Crippen molar-refractivity contribution in [3.05, 3.63) is 12.2 Å². The number of carboxylic acids is 2. The van der Waals surface area contributed by atoms with E-state index in [0.717, 1.165) is 6.42 Å². The Kier molecular flexibility index (Phi) is 5.59. The molecule has 0 bridgehead atoms. The molecule has 0 aromatic rings. The van der Waals surface area contributed by atoms with E-state index in [0.29, 0.717) is 0 Å². The number of allylic oxidation sites excluding steroid dienone is 2. The third kappa shape index (κ3) is 5.90. The lowest BCUT2D eigenvalue weighted by Gasteiger charge is -2.05. The quantitative estimate of drug-likeness (QED) is 0.616. The lowest BCUT2D eigenvalue weighted by molar-refractivity contribution is -0.148. The molecule has 13 heavy (non-hydrogen) atoms. The van der Waals surface area contributed by atoms with Gasteiger partial charge in [-0.2, -0.15) is 0 Å². The summed E-state index contributed by atoms with van der Waals surface area (Å²) in [6.07, 6.45) is 4.35. The van der Waals surface area contributed by atoms with Crippen molar-refractivity contribution in [2.45, 2.75) is 26.2 Å². The fourth-order valence-electron chi connectivity index (χ4n) is 0.909. The first-order valence-corrected chi connectivity index (χ1v) is 4.17. The summed E-state index contributed by atoms with van der Waals surface area (Å²) in [6, 6.07) is 0. The molecule has 4 nitrogen and oxygen atoms in total. The van der Waals surface area contributed by atoms with Gasteiger partial charge in [0.25, 0.3) is 0 Å². The Bertz CT molecular complexity index is 208. The summed E-state index contributed by atoms with van der Waals surface area (Å²) in [5.74, 6) is -2.93. The van der Waals surface area contributed by atoms with Crippen LogP contribution in [0.2, 0.25) is 0 Å². The molecule has 0 aliphatic rings. The zero-order valence-corrected chi connectivity index (χ0v) is 7.56. The highest BCUT2D eigenvalue weighted by Gasteiger charge is 2.18. The van der Waals surface area contributed by atoms with Gasteiger partial charge in [-0.25, -0.2) is 0 Å². The number of carbonyl (C=O) groups is 2. The van der Waals surface area contributed by atoms with E-state index >= 15 is 0 Å². The standard InChI is InChI=1S/C9H14O4/c1-2-3-4-5-7(9(12)13)6-8(10)11/h3-4,7H,2,5-6H2,1H3,(H,10,11)(H,12,13). The predicted octanol–water partition coefficient (Wildman–Crippen LogP) is 1.52. The van der Waals surface area contributed by atoms with E-state index in [1.807, 2.05) is 13.0 Å². The minimum absolute atomic E-state index is 0.287. The summed E-state index contributed by atoms with van der Waals surface area (Å²) in [6.45, 7) is 1.93. The van der Waals surface area contributed by atoms with Crippen LogP contribution in [0.5, 0.6) is 0 Å². The van der Waals surface area contributed by atoms with Crippen molar-refractivity contribution >= 4 is 11.9 Å². The van der Waals surface area contributed by atoms with Crippen molar-refractivity contribution in [1.29, 1.82) is 0 Å². The first-order valence-electron chi connectivity index (χ1n) is 4.17. The molecule has 0 aromatic carbocycles. The molecule has 0 aliphatic carbocycles. The Labute approximate surface area is 76.9 Å². The van der Waals surface area contributed by atoms with Gasteiger partial charge in [-0.1, -0.05) is 19.1 Å². The molecule has 0 saturated heterocycles. The highest BCUT2D eigenvalue weighted by atomic mass is 16.4. The maximum atomic E-state index is 10.5. The van der Waals surface area contributed by atoms with Crippen LogP contribution >= 0.6 is 0 Å². The minimum atomic E-state index is -1.07. The molecule has 74 valence electrons. The highest BCUT2D eigenvalue weighted by molar-refractivity contribution is 5.77. The van der Waals surface area contributed by atoms with Crippen molar-refractivity contribution in [1.82, 2.24) is 0 Å². The van der Waals surface area contributed by atoms with Crippen molar-refractivity contribution in [2.24, 2.45) is 5.92 Å². The van der Waals surface area contributed by atoms with E-state index in [-0.39, 0.29) is 12.8 Å². The van der Waals surface area contributed by atoms with Gasteiger partial charge in [0, 0.05) is 0 Å². The summed E-state index contributed by atoms with van der Waals surface area (Å²) in [7, 11) is 0. The molecule has 0 radical (unpaired) electrons. The van der Waals surface area contributed by atoms with E-state index in [1.54, 1.807) is 6.08 Å². The first-order chi connectivity index (χ1) is 6.07. The number of hydrogen-bond acceptors (Lipinski definition) is 2. The zero-order chi connectivity index (χ0) is 10.3. The maximum absolute atomic E-state index is 10.5. The monoisotopic (exact) mass is 186 g/mol. The maximum Gasteiger partial charge on any atom is 0.307 e. The van der Waals surface area contributed by atoms with Crippen molar-refractivity contribution in [3.8, 4) is 0 Å². The minimum Gasteiger partial charge on any atom is -0.481 e. The number of carboxylic acid groups (broad SMARTS) is 2. The van der Waals surface area contributed by atoms with Crippen LogP contribution in [0.25, 0.3) is 0 Å². The summed E-state index contributed by atoms with van der Waals surface area (Å²) < 4.78 is 0. The van der Waals surface area contributed by atoms with Gasteiger partial charge in [0.05, 0.1) is 12.3 Å². The van der Waals surface area contributed by atoms with Gasteiger partial charge in [0.15, 0.2) is 0 Å². The summed E-state index contributed by atoms with van der Waals surface area (Å²) in [4.78, 5) is 20.8. The molecule has 0 rings (SSSR count). The third-order valence-electron chi connectivity index (χ3n) is 1.59. The molecule has 0 amide bonds. The van der Waals surface area contributed by atoms with Crippen LogP contribution in [0.1, 0.15) is 26.2 Å². The van der Waals surface area contributed by atoms with Gasteiger partial charge in [-0.3, -0.25) is 9.59 Å². The van der Waals surface area contributed by atoms with Crippen molar-refractivity contribution < 1.29 is 19.8 Å². The molecular formula is C9H14O4. The van der Waals surface area contributed by atoms with Gasteiger partial charge >= 0.3 is 11.9 Å². The number of hydrogen-bond donors (Lipinski definition) is 2. The Morgan fingerprint density at radius 2 is 1.92 bits per heavy atom. The molecule has 4 heteroatoms. The van der Waals surface area contributed by atoms with E-state index in [9.17, 15) is 9.59 Å². The number of rotatable bonds is 6. The summed E-state index contributed by atoms with van der Waals surface area (Å²) in [5, 5.41) is 17.0. The fraction of sp³-hybridized carbons (Fsp3) is 0.556. The molecule has 1 atom stereocenters. The Balaban J connectivity index is 4.02. The Hall–Kier alpha value is -1.32. The van der Waals surface area contributed by atoms with Crippen LogP contribution in [0, 0.1) is 5.92 Å². The molecular weight excluding hydrogens is 172 g/mol. The first kappa shape index (κ1) is 11.7. The van der Waals surface area contributed by atoms with E-state index in [2.05, 4.69) is 0 Å². The van der Waals surface area contributed by atoms with Gasteiger partial charge in [0.2, 0.25) is 0 Å². The Morgan fingerprint density at radius 1 is 1.31 bits per heavy atom. The second kappa shape index (κ2) is 6.22. The van der Waals surface area contributed by atoms with Gasteiger partial charge < -0.3 is 10.2 Å². The molecule has 1 unspecified atom stereocenters.